The molecule has 0 saturated carbocycles. The van der Waals surface area contributed by atoms with Gasteiger partial charge >= 0.3 is 0 Å². The van der Waals surface area contributed by atoms with E-state index in [1.807, 2.05) is 35.2 Å². The minimum Gasteiger partial charge on any atom is -1.00 e. The van der Waals surface area contributed by atoms with Gasteiger partial charge in [0.15, 0.2) is 0 Å². The summed E-state index contributed by atoms with van der Waals surface area (Å²) in [5, 5.41) is 7.33. The monoisotopic (exact) mass is 278 g/mol. The molecule has 5 N–H and O–H groups in total. The molecule has 1 heterocycles. The predicted octanol–water partition coefficient (Wildman–Crippen LogP) is -3.04. The fraction of sp³-hybridized carbons (Fsp3) is 0.0833. The summed E-state index contributed by atoms with van der Waals surface area (Å²) in [6, 6.07) is 10.1. The molecule has 6 nitrogen and oxygen atoms in total. The molecule has 2 aromatic rings. The molecule has 0 fully saturated rings. The first-order valence-corrected chi connectivity index (χ1v) is 5.48. The van der Waals surface area contributed by atoms with Crippen molar-refractivity contribution in [3.63, 3.8) is 0 Å². The third-order valence-electron chi connectivity index (χ3n) is 2.34. The van der Waals surface area contributed by atoms with E-state index in [-0.39, 0.29) is 18.4 Å². The lowest BCUT2D eigenvalue weighted by atomic mass is 10.2. The predicted molar refractivity (Wildman–Crippen MR) is 69.9 cm³/mol. The molecule has 19 heavy (non-hydrogen) atoms. The highest BCUT2D eigenvalue weighted by atomic mass is 35.5. The van der Waals surface area contributed by atoms with Crippen molar-refractivity contribution < 1.29 is 17.0 Å². The van der Waals surface area contributed by atoms with Gasteiger partial charge < -0.3 is 23.9 Å². The molecular weight excluding hydrogens is 264 g/mol. The molecule has 0 amide bonds. The second-order valence-corrected chi connectivity index (χ2v) is 3.73. The van der Waals surface area contributed by atoms with Crippen molar-refractivity contribution in [3.8, 4) is 0 Å². The zero-order chi connectivity index (χ0) is 12.8. The average molecular weight is 279 g/mol. The Balaban J connectivity index is 0.00000180. The number of rotatable bonds is 4. The SMILES string of the molecule is NC(N)=N/N=C/c1[nH]cc[n+]1Cc1ccccc1.[Cl-]. The minimum atomic E-state index is -0.0626. The van der Waals surface area contributed by atoms with Crippen LogP contribution in [-0.4, -0.2) is 17.2 Å². The van der Waals surface area contributed by atoms with Gasteiger partial charge in [0.25, 0.3) is 5.82 Å². The van der Waals surface area contributed by atoms with Crippen molar-refractivity contribution >= 4 is 12.2 Å². The van der Waals surface area contributed by atoms with Crippen LogP contribution in [0.1, 0.15) is 11.4 Å². The number of hydrogen-bond donors (Lipinski definition) is 3. The minimum absolute atomic E-state index is 0. The first kappa shape index (κ1) is 14.7. The molecule has 2 rings (SSSR count). The number of nitrogens with two attached hydrogens (primary N) is 2. The molecule has 0 saturated heterocycles. The van der Waals surface area contributed by atoms with E-state index < -0.39 is 0 Å². The summed E-state index contributed by atoms with van der Waals surface area (Å²) >= 11 is 0. The molecule has 0 bridgehead atoms. The van der Waals surface area contributed by atoms with Crippen LogP contribution >= 0.6 is 0 Å². The number of H-pyrrole nitrogens is 1. The smallest absolute Gasteiger partial charge is 0.300 e. The van der Waals surface area contributed by atoms with Gasteiger partial charge in [0.2, 0.25) is 5.96 Å². The lowest BCUT2D eigenvalue weighted by molar-refractivity contribution is -0.687. The van der Waals surface area contributed by atoms with Gasteiger partial charge in [-0.05, 0) is 5.56 Å². The summed E-state index contributed by atoms with van der Waals surface area (Å²) in [6.45, 7) is 0.757. The zero-order valence-electron chi connectivity index (χ0n) is 10.2. The second-order valence-electron chi connectivity index (χ2n) is 3.73. The van der Waals surface area contributed by atoms with Crippen molar-refractivity contribution in [1.29, 1.82) is 0 Å². The van der Waals surface area contributed by atoms with Crippen molar-refractivity contribution in [2.24, 2.45) is 21.7 Å². The Labute approximate surface area is 117 Å². The van der Waals surface area contributed by atoms with Gasteiger partial charge in [-0.25, -0.2) is 9.55 Å². The number of aromatic amines is 1. The van der Waals surface area contributed by atoms with Crippen LogP contribution in [-0.2, 0) is 6.54 Å². The number of hydrogen-bond acceptors (Lipinski definition) is 2. The fourth-order valence-electron chi connectivity index (χ4n) is 1.56. The molecule has 0 atom stereocenters. The summed E-state index contributed by atoms with van der Waals surface area (Å²) in [4.78, 5) is 3.06. The van der Waals surface area contributed by atoms with E-state index >= 15 is 0 Å². The normalized spacial score (nSPS) is 10.1. The van der Waals surface area contributed by atoms with Crippen LogP contribution in [0.4, 0.5) is 0 Å². The summed E-state index contributed by atoms with van der Waals surface area (Å²) < 4.78 is 2.01. The summed E-state index contributed by atoms with van der Waals surface area (Å²) in [5.41, 5.74) is 11.6. The number of halogens is 1. The van der Waals surface area contributed by atoms with Crippen LogP contribution < -0.4 is 28.4 Å². The van der Waals surface area contributed by atoms with Gasteiger partial charge in [0.05, 0.1) is 0 Å². The Kier molecular flexibility index (Phi) is 5.56. The molecule has 0 unspecified atom stereocenters. The highest BCUT2D eigenvalue weighted by Crippen LogP contribution is 1.97. The van der Waals surface area contributed by atoms with Gasteiger partial charge in [-0.2, -0.15) is 0 Å². The van der Waals surface area contributed by atoms with Crippen molar-refractivity contribution in [1.82, 2.24) is 4.98 Å². The maximum atomic E-state index is 5.19. The molecule has 0 aliphatic carbocycles. The average Bonchev–Trinajstić information content (AvgIpc) is 2.78. The largest absolute Gasteiger partial charge is 1.00 e. The Morgan fingerprint density at radius 3 is 2.68 bits per heavy atom. The maximum absolute atomic E-state index is 5.19. The third-order valence-corrected chi connectivity index (χ3v) is 2.34. The van der Waals surface area contributed by atoms with Crippen LogP contribution in [0, 0.1) is 0 Å². The second kappa shape index (κ2) is 7.17. The Bertz CT molecular complexity index is 557. The topological polar surface area (TPSA) is 96.4 Å². The van der Waals surface area contributed by atoms with Crippen LogP contribution in [0.2, 0.25) is 0 Å². The molecular formula is C12H15ClN6. The fourth-order valence-corrected chi connectivity index (χ4v) is 1.56. The Morgan fingerprint density at radius 2 is 2.00 bits per heavy atom. The number of imidazole rings is 1. The van der Waals surface area contributed by atoms with E-state index in [1.165, 1.54) is 5.56 Å². The highest BCUT2D eigenvalue weighted by molar-refractivity contribution is 5.78. The summed E-state index contributed by atoms with van der Waals surface area (Å²) in [7, 11) is 0. The van der Waals surface area contributed by atoms with Gasteiger partial charge in [-0.3, -0.25) is 0 Å². The summed E-state index contributed by atoms with van der Waals surface area (Å²) in [5.74, 6) is 0.760. The molecule has 100 valence electrons. The molecule has 1 aromatic carbocycles. The van der Waals surface area contributed by atoms with Crippen molar-refractivity contribution in [2.45, 2.75) is 6.54 Å². The molecule has 0 aliphatic heterocycles. The Morgan fingerprint density at radius 1 is 1.26 bits per heavy atom. The van der Waals surface area contributed by atoms with E-state index in [0.717, 1.165) is 12.4 Å². The van der Waals surface area contributed by atoms with E-state index in [4.69, 9.17) is 11.5 Å². The van der Waals surface area contributed by atoms with E-state index in [1.54, 1.807) is 6.21 Å². The Hall–Kier alpha value is -2.34. The number of guanidine groups is 1. The van der Waals surface area contributed by atoms with Crippen LogP contribution in [0.25, 0.3) is 0 Å². The zero-order valence-corrected chi connectivity index (χ0v) is 11.0. The standard InChI is InChI=1S/C12H14N6.ClH/c13-12(14)17-16-8-11-15-6-7-18(11)9-10-4-2-1-3-5-10;/h1-8H,9H2,(H4,13,14,15,17);1H. The van der Waals surface area contributed by atoms with Gasteiger partial charge in [0.1, 0.15) is 25.2 Å². The number of benzene rings is 1. The van der Waals surface area contributed by atoms with E-state index in [2.05, 4.69) is 27.3 Å². The van der Waals surface area contributed by atoms with Crippen LogP contribution in [0.5, 0.6) is 0 Å². The lowest BCUT2D eigenvalue weighted by Gasteiger charge is -1.98. The van der Waals surface area contributed by atoms with Crippen molar-refractivity contribution in [3.05, 3.63) is 54.1 Å². The van der Waals surface area contributed by atoms with Gasteiger partial charge in [0, 0.05) is 0 Å². The van der Waals surface area contributed by atoms with Crippen LogP contribution in [0.3, 0.4) is 0 Å². The molecule has 0 radical (unpaired) electrons. The molecule has 0 aliphatic rings. The number of aromatic nitrogens is 2. The highest BCUT2D eigenvalue weighted by Gasteiger charge is 2.07. The number of nitrogens with zero attached hydrogens (tertiary/aromatic N) is 3. The van der Waals surface area contributed by atoms with E-state index in [9.17, 15) is 0 Å². The van der Waals surface area contributed by atoms with Gasteiger partial charge in [-0.15, -0.1) is 10.2 Å². The number of nitrogens with one attached hydrogen (secondary N) is 1. The summed E-state index contributed by atoms with van der Waals surface area (Å²) in [6.07, 6.45) is 5.34. The maximum Gasteiger partial charge on any atom is 0.300 e. The lowest BCUT2D eigenvalue weighted by Crippen LogP contribution is -3.00. The van der Waals surface area contributed by atoms with Crippen molar-refractivity contribution in [2.75, 3.05) is 0 Å². The van der Waals surface area contributed by atoms with E-state index in [0.29, 0.717) is 0 Å². The molecule has 7 heteroatoms. The quantitative estimate of drug-likeness (QED) is 0.240. The van der Waals surface area contributed by atoms with Crippen LogP contribution in [0.15, 0.2) is 52.9 Å². The first-order valence-electron chi connectivity index (χ1n) is 5.48. The van der Waals surface area contributed by atoms with Gasteiger partial charge in [-0.1, -0.05) is 30.3 Å². The third kappa shape index (κ3) is 4.44. The first-order chi connectivity index (χ1) is 8.75. The molecule has 1 aromatic heterocycles. The molecule has 0 spiro atoms.